The molecule has 2 amide bonds. The molecule has 29 heavy (non-hydrogen) atoms. The average molecular weight is 393 g/mol. The summed E-state index contributed by atoms with van der Waals surface area (Å²) < 4.78 is 0. The molecular formula is C22H27N5O2. The summed E-state index contributed by atoms with van der Waals surface area (Å²) in [4.78, 5) is 28.2. The Morgan fingerprint density at radius 1 is 0.931 bits per heavy atom. The molecule has 7 nitrogen and oxygen atoms in total. The number of hydrazine groups is 1. The van der Waals surface area contributed by atoms with Gasteiger partial charge in [0.05, 0.1) is 6.17 Å². The van der Waals surface area contributed by atoms with Gasteiger partial charge in [0.25, 0.3) is 5.91 Å². The van der Waals surface area contributed by atoms with Gasteiger partial charge in [-0.15, -0.1) is 0 Å². The van der Waals surface area contributed by atoms with Gasteiger partial charge in [-0.1, -0.05) is 30.3 Å². The van der Waals surface area contributed by atoms with Crippen LogP contribution >= 0.6 is 0 Å². The van der Waals surface area contributed by atoms with Crippen LogP contribution in [0.1, 0.15) is 35.3 Å². The fourth-order valence-corrected chi connectivity index (χ4v) is 4.00. The van der Waals surface area contributed by atoms with Crippen molar-refractivity contribution in [2.24, 2.45) is 0 Å². The molecule has 0 aliphatic carbocycles. The van der Waals surface area contributed by atoms with Crippen molar-refractivity contribution in [3.63, 3.8) is 0 Å². The minimum Gasteiger partial charge on any atom is -0.336 e. The van der Waals surface area contributed by atoms with Crippen LogP contribution in [0, 0.1) is 0 Å². The van der Waals surface area contributed by atoms with Gasteiger partial charge in [0.15, 0.2) is 0 Å². The van der Waals surface area contributed by atoms with Crippen LogP contribution in [-0.4, -0.2) is 54.0 Å². The zero-order valence-electron chi connectivity index (χ0n) is 16.6. The summed E-state index contributed by atoms with van der Waals surface area (Å²) in [7, 11) is 0. The number of nitrogens with zero attached hydrogens (tertiary/aromatic N) is 2. The van der Waals surface area contributed by atoms with Crippen molar-refractivity contribution in [1.82, 2.24) is 20.7 Å². The second-order valence-corrected chi connectivity index (χ2v) is 7.59. The number of amides is 2. The quantitative estimate of drug-likeness (QED) is 0.740. The van der Waals surface area contributed by atoms with Crippen LogP contribution in [0.3, 0.4) is 0 Å². The summed E-state index contributed by atoms with van der Waals surface area (Å²) in [5.41, 5.74) is 9.45. The molecule has 2 aromatic rings. The second-order valence-electron chi connectivity index (χ2n) is 7.59. The molecule has 2 heterocycles. The summed E-state index contributed by atoms with van der Waals surface area (Å²) in [6, 6.07) is 17.8. The number of rotatable bonds is 4. The van der Waals surface area contributed by atoms with Crippen LogP contribution in [0.15, 0.2) is 54.6 Å². The summed E-state index contributed by atoms with van der Waals surface area (Å²) in [6.45, 7) is 4.57. The summed E-state index contributed by atoms with van der Waals surface area (Å²) in [6.07, 6.45) is 1.28. The van der Waals surface area contributed by atoms with Gasteiger partial charge in [-0.05, 0) is 36.2 Å². The minimum atomic E-state index is -0.121. The van der Waals surface area contributed by atoms with E-state index in [1.807, 2.05) is 11.0 Å². The highest BCUT2D eigenvalue weighted by Crippen LogP contribution is 2.24. The largest absolute Gasteiger partial charge is 0.336 e. The predicted octanol–water partition coefficient (Wildman–Crippen LogP) is 1.97. The molecule has 0 spiro atoms. The van der Waals surface area contributed by atoms with Crippen molar-refractivity contribution in [3.8, 4) is 0 Å². The Bertz CT molecular complexity index is 847. The maximum atomic E-state index is 12.8. The maximum absolute atomic E-state index is 12.8. The third kappa shape index (κ3) is 4.64. The molecule has 2 aliphatic heterocycles. The van der Waals surface area contributed by atoms with E-state index in [2.05, 4.69) is 45.3 Å². The first-order valence-electron chi connectivity index (χ1n) is 10.1. The highest BCUT2D eigenvalue weighted by Gasteiger charge is 2.32. The van der Waals surface area contributed by atoms with Gasteiger partial charge in [-0.25, -0.2) is 10.9 Å². The Balaban J connectivity index is 1.29. The van der Waals surface area contributed by atoms with E-state index in [9.17, 15) is 9.59 Å². The van der Waals surface area contributed by atoms with E-state index < -0.39 is 0 Å². The number of nitrogens with one attached hydrogen (secondary N) is 3. The van der Waals surface area contributed by atoms with E-state index in [4.69, 9.17) is 0 Å². The summed E-state index contributed by atoms with van der Waals surface area (Å²) in [5, 5.41) is 2.72. The third-order valence-corrected chi connectivity index (χ3v) is 5.58. The minimum absolute atomic E-state index is 0.0405. The Hall–Kier alpha value is -2.74. The third-order valence-electron chi connectivity index (χ3n) is 5.58. The molecule has 2 aromatic carbocycles. The molecule has 2 saturated heterocycles. The van der Waals surface area contributed by atoms with E-state index in [0.717, 1.165) is 19.5 Å². The monoisotopic (exact) mass is 393 g/mol. The number of benzene rings is 2. The van der Waals surface area contributed by atoms with Crippen molar-refractivity contribution >= 4 is 17.5 Å². The number of piperazine rings is 1. The van der Waals surface area contributed by atoms with Crippen LogP contribution in [0.4, 0.5) is 5.69 Å². The lowest BCUT2D eigenvalue weighted by Crippen LogP contribution is -2.55. The lowest BCUT2D eigenvalue weighted by atomic mass is 10.0. The van der Waals surface area contributed by atoms with Gasteiger partial charge in [0.2, 0.25) is 5.91 Å². The van der Waals surface area contributed by atoms with Gasteiger partial charge < -0.3 is 10.2 Å². The highest BCUT2D eigenvalue weighted by molar-refractivity contribution is 5.95. The van der Waals surface area contributed by atoms with Crippen molar-refractivity contribution < 1.29 is 9.59 Å². The van der Waals surface area contributed by atoms with Gasteiger partial charge in [0, 0.05) is 50.4 Å². The first-order valence-corrected chi connectivity index (χ1v) is 10.1. The molecule has 2 atom stereocenters. The number of anilines is 1. The number of carbonyl (C=O) groups excluding carboxylic acids is 2. The zero-order chi connectivity index (χ0) is 20.2. The maximum Gasteiger partial charge on any atom is 0.253 e. The molecule has 0 radical (unpaired) electrons. The molecule has 0 bridgehead atoms. The molecule has 152 valence electrons. The van der Waals surface area contributed by atoms with E-state index in [1.165, 1.54) is 12.5 Å². The Morgan fingerprint density at radius 2 is 1.62 bits per heavy atom. The standard InChI is InChI=1S/C22H27N5O2/c1-16(28)23-19-9-7-18(8-10-19)22(29)27-13-11-26(12-14-27)21-15-20(24-25-21)17-5-3-2-4-6-17/h2-10,20-21,24-25H,11-15H2,1H3,(H,23,28). The van der Waals surface area contributed by atoms with Crippen molar-refractivity contribution in [2.75, 3.05) is 31.5 Å². The van der Waals surface area contributed by atoms with Crippen LogP contribution in [0.2, 0.25) is 0 Å². The summed E-state index contributed by atoms with van der Waals surface area (Å²) >= 11 is 0. The average Bonchev–Trinajstić information content (AvgIpc) is 3.24. The van der Waals surface area contributed by atoms with Crippen LogP contribution in [-0.2, 0) is 4.79 Å². The van der Waals surface area contributed by atoms with E-state index in [-0.39, 0.29) is 18.0 Å². The first-order chi connectivity index (χ1) is 14.1. The first kappa shape index (κ1) is 19.6. The molecule has 7 heteroatoms. The van der Waals surface area contributed by atoms with Crippen LogP contribution < -0.4 is 16.2 Å². The zero-order valence-corrected chi connectivity index (χ0v) is 16.6. The molecule has 0 aromatic heterocycles. The van der Waals surface area contributed by atoms with Crippen LogP contribution in [0.5, 0.6) is 0 Å². The Labute approximate surface area is 171 Å². The molecule has 2 fully saturated rings. The molecular weight excluding hydrogens is 366 g/mol. The fraction of sp³-hybridized carbons (Fsp3) is 0.364. The Kier molecular flexibility index (Phi) is 5.89. The number of hydrogen-bond donors (Lipinski definition) is 3. The predicted molar refractivity (Wildman–Crippen MR) is 112 cm³/mol. The van der Waals surface area contributed by atoms with Gasteiger partial charge in [-0.2, -0.15) is 0 Å². The van der Waals surface area contributed by atoms with Crippen molar-refractivity contribution in [3.05, 3.63) is 65.7 Å². The van der Waals surface area contributed by atoms with Gasteiger partial charge in [0.1, 0.15) is 0 Å². The highest BCUT2D eigenvalue weighted by atomic mass is 16.2. The molecule has 0 saturated carbocycles. The normalized spacial score (nSPS) is 22.4. The lowest BCUT2D eigenvalue weighted by molar-refractivity contribution is -0.114. The number of carbonyl (C=O) groups is 2. The van der Waals surface area contributed by atoms with Gasteiger partial charge in [-0.3, -0.25) is 14.5 Å². The topological polar surface area (TPSA) is 76.7 Å². The molecule has 3 N–H and O–H groups in total. The molecule has 4 rings (SSSR count). The lowest BCUT2D eigenvalue weighted by Gasteiger charge is -2.37. The van der Waals surface area contributed by atoms with E-state index in [0.29, 0.717) is 30.4 Å². The smallest absolute Gasteiger partial charge is 0.253 e. The van der Waals surface area contributed by atoms with E-state index in [1.54, 1.807) is 24.3 Å². The fourth-order valence-electron chi connectivity index (χ4n) is 4.00. The summed E-state index contributed by atoms with van der Waals surface area (Å²) in [5.74, 6) is -0.0802. The van der Waals surface area contributed by atoms with E-state index >= 15 is 0 Å². The molecule has 2 unspecified atom stereocenters. The second kappa shape index (κ2) is 8.73. The van der Waals surface area contributed by atoms with Crippen molar-refractivity contribution in [1.29, 1.82) is 0 Å². The van der Waals surface area contributed by atoms with Gasteiger partial charge >= 0.3 is 0 Å². The number of hydrogen-bond acceptors (Lipinski definition) is 5. The molecule has 2 aliphatic rings. The Morgan fingerprint density at radius 3 is 2.28 bits per heavy atom. The van der Waals surface area contributed by atoms with Crippen molar-refractivity contribution in [2.45, 2.75) is 25.6 Å². The van der Waals surface area contributed by atoms with Crippen LogP contribution in [0.25, 0.3) is 0 Å². The SMILES string of the molecule is CC(=O)Nc1ccc(C(=O)N2CCN(C3CC(c4ccccc4)NN3)CC2)cc1.